The van der Waals surface area contributed by atoms with E-state index in [1.165, 1.54) is 12.1 Å². The highest BCUT2D eigenvalue weighted by Gasteiger charge is 2.23. The van der Waals surface area contributed by atoms with Crippen molar-refractivity contribution in [1.82, 2.24) is 0 Å². The van der Waals surface area contributed by atoms with E-state index in [1.807, 2.05) is 6.07 Å². The zero-order chi connectivity index (χ0) is 14.7. The van der Waals surface area contributed by atoms with Gasteiger partial charge in [0.2, 0.25) is 0 Å². The molecule has 0 aromatic heterocycles. The molecule has 0 spiro atoms. The summed E-state index contributed by atoms with van der Waals surface area (Å²) in [7, 11) is 0. The second kappa shape index (κ2) is 5.98. The smallest absolute Gasteiger partial charge is 0.184 e. The molecule has 2 aromatic rings. The van der Waals surface area contributed by atoms with Crippen LogP contribution in [0, 0.1) is 24.1 Å². The fraction of sp³-hybridized carbons (Fsp3) is 0.125. The first-order chi connectivity index (χ1) is 9.52. The van der Waals surface area contributed by atoms with Gasteiger partial charge < -0.3 is 0 Å². The lowest BCUT2D eigenvalue weighted by atomic mass is 9.90. The predicted molar refractivity (Wildman–Crippen MR) is 78.0 cm³/mol. The van der Waals surface area contributed by atoms with Crippen LogP contribution in [0.15, 0.2) is 46.9 Å². The molecule has 4 heteroatoms. The Bertz CT molecular complexity index is 689. The maximum absolute atomic E-state index is 13.3. The standard InChI is InChI=1S/C16H11BrFNO/c1-10-2-7-13(18)8-14(10)16(20)15(9-19)11-3-5-12(17)6-4-11/h2-8,15H,1H3. The van der Waals surface area contributed by atoms with E-state index >= 15 is 0 Å². The van der Waals surface area contributed by atoms with Crippen LogP contribution >= 0.6 is 15.9 Å². The Kier molecular flexibility index (Phi) is 4.31. The molecule has 0 heterocycles. The first-order valence-corrected chi connectivity index (χ1v) is 6.77. The van der Waals surface area contributed by atoms with Gasteiger partial charge in [0.1, 0.15) is 11.7 Å². The van der Waals surface area contributed by atoms with Gasteiger partial charge in [-0.1, -0.05) is 34.1 Å². The minimum Gasteiger partial charge on any atom is -0.292 e. The lowest BCUT2D eigenvalue weighted by Gasteiger charge is -2.11. The van der Waals surface area contributed by atoms with Crippen LogP contribution in [0.1, 0.15) is 27.4 Å². The number of carbonyl (C=O) groups is 1. The van der Waals surface area contributed by atoms with E-state index < -0.39 is 11.7 Å². The molecular formula is C16H11BrFNO. The number of Topliss-reactive ketones (excluding diaryl/α,β-unsaturated/α-hetero) is 1. The van der Waals surface area contributed by atoms with E-state index in [2.05, 4.69) is 15.9 Å². The zero-order valence-corrected chi connectivity index (χ0v) is 12.3. The summed E-state index contributed by atoms with van der Waals surface area (Å²) in [5.41, 5.74) is 1.51. The van der Waals surface area contributed by atoms with Crippen molar-refractivity contribution in [2.45, 2.75) is 12.8 Å². The Hall–Kier alpha value is -1.99. The van der Waals surface area contributed by atoms with Crippen LogP contribution in [-0.4, -0.2) is 5.78 Å². The highest BCUT2D eigenvalue weighted by molar-refractivity contribution is 9.10. The van der Waals surface area contributed by atoms with Gasteiger partial charge in [-0.05, 0) is 42.3 Å². The summed E-state index contributed by atoms with van der Waals surface area (Å²) >= 11 is 3.30. The molecule has 2 rings (SSSR count). The predicted octanol–water partition coefficient (Wildman–Crippen LogP) is 4.39. The summed E-state index contributed by atoms with van der Waals surface area (Å²) in [5, 5.41) is 9.26. The Morgan fingerprint density at radius 1 is 1.25 bits per heavy atom. The third kappa shape index (κ3) is 2.94. The maximum Gasteiger partial charge on any atom is 0.184 e. The summed E-state index contributed by atoms with van der Waals surface area (Å²) in [6, 6.07) is 13.0. The summed E-state index contributed by atoms with van der Waals surface area (Å²) in [6.07, 6.45) is 0. The van der Waals surface area contributed by atoms with E-state index in [4.69, 9.17) is 0 Å². The largest absolute Gasteiger partial charge is 0.292 e. The molecule has 1 atom stereocenters. The summed E-state index contributed by atoms with van der Waals surface area (Å²) in [6.45, 7) is 1.72. The molecule has 1 unspecified atom stereocenters. The molecule has 0 bridgehead atoms. The highest BCUT2D eigenvalue weighted by atomic mass is 79.9. The minimum atomic E-state index is -0.927. The van der Waals surface area contributed by atoms with Gasteiger partial charge in [0.15, 0.2) is 5.78 Å². The third-order valence-electron chi connectivity index (χ3n) is 3.06. The molecule has 0 radical (unpaired) electrons. The van der Waals surface area contributed by atoms with Crippen LogP contribution in [0.25, 0.3) is 0 Å². The normalized spacial score (nSPS) is 11.7. The number of carbonyl (C=O) groups excluding carboxylic acids is 1. The second-order valence-electron chi connectivity index (χ2n) is 4.44. The Balaban J connectivity index is 2.42. The molecule has 100 valence electrons. The van der Waals surface area contributed by atoms with Crippen molar-refractivity contribution < 1.29 is 9.18 Å². The number of hydrogen-bond acceptors (Lipinski definition) is 2. The number of nitrogens with zero attached hydrogens (tertiary/aromatic N) is 1. The summed E-state index contributed by atoms with van der Waals surface area (Å²) in [4.78, 5) is 12.4. The van der Waals surface area contributed by atoms with Gasteiger partial charge in [-0.3, -0.25) is 4.79 Å². The molecule has 0 aliphatic rings. The van der Waals surface area contributed by atoms with Crippen molar-refractivity contribution >= 4 is 21.7 Å². The minimum absolute atomic E-state index is 0.250. The van der Waals surface area contributed by atoms with Gasteiger partial charge in [0, 0.05) is 10.0 Å². The second-order valence-corrected chi connectivity index (χ2v) is 5.35. The molecule has 2 aromatic carbocycles. The van der Waals surface area contributed by atoms with Gasteiger partial charge in [-0.25, -0.2) is 4.39 Å². The van der Waals surface area contributed by atoms with E-state index in [1.54, 1.807) is 37.3 Å². The van der Waals surface area contributed by atoms with Crippen LogP contribution in [-0.2, 0) is 0 Å². The first kappa shape index (κ1) is 14.4. The highest BCUT2D eigenvalue weighted by Crippen LogP contribution is 2.24. The monoisotopic (exact) mass is 331 g/mol. The molecule has 0 aliphatic heterocycles. The first-order valence-electron chi connectivity index (χ1n) is 5.98. The Morgan fingerprint density at radius 3 is 2.50 bits per heavy atom. The molecule has 2 nitrogen and oxygen atoms in total. The van der Waals surface area contributed by atoms with E-state index in [9.17, 15) is 14.4 Å². The van der Waals surface area contributed by atoms with Crippen LogP contribution in [0.3, 0.4) is 0 Å². The number of hydrogen-bond donors (Lipinski definition) is 0. The molecule has 0 fully saturated rings. The molecule has 0 N–H and O–H groups in total. The molecule has 0 amide bonds. The number of benzene rings is 2. The average molecular weight is 332 g/mol. The van der Waals surface area contributed by atoms with Gasteiger partial charge in [-0.2, -0.15) is 5.26 Å². The fourth-order valence-corrected chi connectivity index (χ4v) is 2.22. The van der Waals surface area contributed by atoms with Crippen molar-refractivity contribution in [3.63, 3.8) is 0 Å². The van der Waals surface area contributed by atoms with Crippen LogP contribution in [0.5, 0.6) is 0 Å². The quantitative estimate of drug-likeness (QED) is 0.783. The molecule has 0 saturated heterocycles. The molecular weight excluding hydrogens is 321 g/mol. The van der Waals surface area contributed by atoms with Gasteiger partial charge in [0.25, 0.3) is 0 Å². The number of aryl methyl sites for hydroxylation is 1. The van der Waals surface area contributed by atoms with E-state index in [-0.39, 0.29) is 11.3 Å². The SMILES string of the molecule is Cc1ccc(F)cc1C(=O)C(C#N)c1ccc(Br)cc1. The zero-order valence-electron chi connectivity index (χ0n) is 10.7. The Morgan fingerprint density at radius 2 is 1.90 bits per heavy atom. The third-order valence-corrected chi connectivity index (χ3v) is 3.59. The fourth-order valence-electron chi connectivity index (χ4n) is 1.95. The van der Waals surface area contributed by atoms with Crippen LogP contribution in [0.2, 0.25) is 0 Å². The van der Waals surface area contributed by atoms with Crippen molar-refractivity contribution in [3.8, 4) is 6.07 Å². The number of ketones is 1. The van der Waals surface area contributed by atoms with Crippen molar-refractivity contribution in [1.29, 1.82) is 5.26 Å². The van der Waals surface area contributed by atoms with Crippen molar-refractivity contribution in [2.24, 2.45) is 0 Å². The summed E-state index contributed by atoms with van der Waals surface area (Å²) in [5.74, 6) is -1.79. The number of halogens is 2. The number of nitriles is 1. The molecule has 0 saturated carbocycles. The molecule has 20 heavy (non-hydrogen) atoms. The maximum atomic E-state index is 13.3. The average Bonchev–Trinajstić information content (AvgIpc) is 2.44. The lowest BCUT2D eigenvalue weighted by molar-refractivity contribution is 0.0978. The van der Waals surface area contributed by atoms with Crippen molar-refractivity contribution in [3.05, 3.63) is 69.4 Å². The van der Waals surface area contributed by atoms with E-state index in [0.29, 0.717) is 11.1 Å². The van der Waals surface area contributed by atoms with Gasteiger partial charge >= 0.3 is 0 Å². The van der Waals surface area contributed by atoms with Gasteiger partial charge in [0.05, 0.1) is 6.07 Å². The Labute approximate surface area is 125 Å². The van der Waals surface area contributed by atoms with E-state index in [0.717, 1.165) is 4.47 Å². The topological polar surface area (TPSA) is 40.9 Å². The number of rotatable bonds is 3. The molecule has 0 aliphatic carbocycles. The summed E-state index contributed by atoms with van der Waals surface area (Å²) < 4.78 is 14.2. The van der Waals surface area contributed by atoms with Crippen molar-refractivity contribution in [2.75, 3.05) is 0 Å². The van der Waals surface area contributed by atoms with Crippen LogP contribution in [0.4, 0.5) is 4.39 Å². The van der Waals surface area contributed by atoms with Crippen LogP contribution < -0.4 is 0 Å². The van der Waals surface area contributed by atoms with Gasteiger partial charge in [-0.15, -0.1) is 0 Å². The lowest BCUT2D eigenvalue weighted by Crippen LogP contribution is -2.13.